The van der Waals surface area contributed by atoms with E-state index >= 15 is 0 Å². The zero-order chi connectivity index (χ0) is 22.4. The van der Waals surface area contributed by atoms with Gasteiger partial charge in [0, 0.05) is 41.1 Å². The molecular weight excluding hydrogens is 406 g/mol. The number of aromatic nitrogens is 1. The maximum absolute atomic E-state index is 13.6. The van der Waals surface area contributed by atoms with Crippen LogP contribution in [-0.4, -0.2) is 58.8 Å². The smallest absolute Gasteiger partial charge is 0.290 e. The number of Topliss-reactive ketones (excluding diaryl/α,β-unsaturated/α-hetero) is 1. The molecule has 0 fully saturated rings. The molecule has 1 atom stereocenters. The Hall–Kier alpha value is -3.84. The average molecular weight is 429 g/mol. The second-order valence-corrected chi connectivity index (χ2v) is 8.23. The summed E-state index contributed by atoms with van der Waals surface area (Å²) in [4.78, 5) is 33.4. The first-order valence-electron chi connectivity index (χ1n) is 10.4. The van der Waals surface area contributed by atoms with Gasteiger partial charge in [-0.05, 0) is 32.3 Å². The summed E-state index contributed by atoms with van der Waals surface area (Å²) in [6.07, 6.45) is 1.80. The van der Waals surface area contributed by atoms with Crippen molar-refractivity contribution < 1.29 is 19.1 Å². The van der Waals surface area contributed by atoms with Gasteiger partial charge in [-0.1, -0.05) is 36.4 Å². The molecule has 0 bridgehead atoms. The summed E-state index contributed by atoms with van der Waals surface area (Å²) in [5, 5.41) is 12.5. The Morgan fingerprint density at radius 3 is 2.69 bits per heavy atom. The van der Waals surface area contributed by atoms with E-state index < -0.39 is 23.5 Å². The number of hydrogen-bond donors (Lipinski definition) is 2. The van der Waals surface area contributed by atoms with Crippen LogP contribution < -0.4 is 0 Å². The van der Waals surface area contributed by atoms with Crippen molar-refractivity contribution in [1.29, 1.82) is 0 Å². The topological polar surface area (TPSA) is 89.8 Å². The number of amides is 1. The number of aromatic amines is 1. The fourth-order valence-corrected chi connectivity index (χ4v) is 4.29. The van der Waals surface area contributed by atoms with Gasteiger partial charge in [-0.2, -0.15) is 0 Å². The molecule has 162 valence electrons. The Bertz CT molecular complexity index is 1350. The molecule has 1 amide bonds. The van der Waals surface area contributed by atoms with Crippen LogP contribution in [0.4, 0.5) is 0 Å². The van der Waals surface area contributed by atoms with Crippen LogP contribution in [0.15, 0.2) is 76.5 Å². The van der Waals surface area contributed by atoms with Crippen molar-refractivity contribution in [3.8, 4) is 0 Å². The number of fused-ring (bicyclic) bond motifs is 2. The average Bonchev–Trinajstić information content (AvgIpc) is 3.47. The standard InChI is InChI=1S/C25H23N3O4/c1-27(2)11-12-28-22(17-14-26-18-9-5-4-8-16(17)18)21(24(30)25(28)31)23(29)20-13-15-7-3-6-10-19(15)32-20/h3-10,13-14,22,26,30H,11-12H2,1-2H3. The Kier molecular flexibility index (Phi) is 4.83. The number of H-pyrrole nitrogens is 1. The van der Waals surface area contributed by atoms with Crippen LogP contribution in [-0.2, 0) is 4.79 Å². The second-order valence-electron chi connectivity index (χ2n) is 8.23. The van der Waals surface area contributed by atoms with Crippen LogP contribution in [0.5, 0.6) is 0 Å². The summed E-state index contributed by atoms with van der Waals surface area (Å²) in [5.74, 6) is -1.47. The summed E-state index contributed by atoms with van der Waals surface area (Å²) < 4.78 is 5.77. The van der Waals surface area contributed by atoms with E-state index in [2.05, 4.69) is 4.98 Å². The van der Waals surface area contributed by atoms with Gasteiger partial charge in [-0.15, -0.1) is 0 Å². The Balaban J connectivity index is 1.64. The van der Waals surface area contributed by atoms with Crippen molar-refractivity contribution in [2.75, 3.05) is 27.2 Å². The van der Waals surface area contributed by atoms with Crippen molar-refractivity contribution in [3.05, 3.63) is 83.5 Å². The predicted octanol–water partition coefficient (Wildman–Crippen LogP) is 4.05. The molecule has 2 aromatic heterocycles. The number of rotatable bonds is 6. The van der Waals surface area contributed by atoms with Gasteiger partial charge in [0.1, 0.15) is 5.58 Å². The number of benzene rings is 2. The molecule has 1 aliphatic rings. The minimum Gasteiger partial charge on any atom is -0.503 e. The first-order valence-corrected chi connectivity index (χ1v) is 10.4. The van der Waals surface area contributed by atoms with E-state index in [9.17, 15) is 14.7 Å². The molecule has 0 saturated carbocycles. The van der Waals surface area contributed by atoms with Crippen LogP contribution >= 0.6 is 0 Å². The highest BCUT2D eigenvalue weighted by Gasteiger charge is 2.45. The fraction of sp³-hybridized carbons (Fsp3) is 0.200. The first kappa shape index (κ1) is 20.1. The van der Waals surface area contributed by atoms with E-state index in [1.807, 2.05) is 61.5 Å². The molecule has 32 heavy (non-hydrogen) atoms. The third-order valence-electron chi connectivity index (χ3n) is 5.90. The first-order chi connectivity index (χ1) is 15.5. The number of nitrogens with one attached hydrogen (secondary N) is 1. The van der Waals surface area contributed by atoms with E-state index in [1.165, 1.54) is 0 Å². The largest absolute Gasteiger partial charge is 0.503 e. The van der Waals surface area contributed by atoms with Gasteiger partial charge >= 0.3 is 0 Å². The highest BCUT2D eigenvalue weighted by atomic mass is 16.3. The van der Waals surface area contributed by atoms with Gasteiger partial charge in [0.25, 0.3) is 5.91 Å². The molecule has 5 rings (SSSR count). The van der Waals surface area contributed by atoms with Gasteiger partial charge in [0.05, 0.1) is 11.6 Å². The Morgan fingerprint density at radius 1 is 1.16 bits per heavy atom. The highest BCUT2D eigenvalue weighted by molar-refractivity contribution is 6.16. The summed E-state index contributed by atoms with van der Waals surface area (Å²) in [5.41, 5.74) is 2.27. The summed E-state index contributed by atoms with van der Waals surface area (Å²) in [6, 6.07) is 15.9. The minimum absolute atomic E-state index is 0.0394. The molecule has 1 aliphatic heterocycles. The van der Waals surface area contributed by atoms with Crippen molar-refractivity contribution in [3.63, 3.8) is 0 Å². The molecule has 1 unspecified atom stereocenters. The van der Waals surface area contributed by atoms with E-state index in [0.29, 0.717) is 18.7 Å². The van der Waals surface area contributed by atoms with E-state index in [4.69, 9.17) is 4.42 Å². The number of carbonyl (C=O) groups excluding carboxylic acids is 2. The number of nitrogens with zero attached hydrogens (tertiary/aromatic N) is 2. The van der Waals surface area contributed by atoms with Crippen LogP contribution in [0.2, 0.25) is 0 Å². The number of ketones is 1. The lowest BCUT2D eigenvalue weighted by Crippen LogP contribution is -2.36. The number of carbonyl (C=O) groups is 2. The lowest BCUT2D eigenvalue weighted by atomic mass is 9.94. The van der Waals surface area contributed by atoms with Gasteiger partial charge in [0.2, 0.25) is 5.78 Å². The fourth-order valence-electron chi connectivity index (χ4n) is 4.29. The number of furan rings is 1. The number of likely N-dealkylation sites (N-methyl/N-ethyl adjacent to an activating group) is 1. The lowest BCUT2D eigenvalue weighted by molar-refractivity contribution is -0.129. The van der Waals surface area contributed by atoms with Gasteiger partial charge < -0.3 is 24.3 Å². The SMILES string of the molecule is CN(C)CCN1C(=O)C(O)=C(C(=O)c2cc3ccccc3o2)C1c1c[nH]c2ccccc12. The molecule has 0 aliphatic carbocycles. The number of aliphatic hydroxyl groups is 1. The van der Waals surface area contributed by atoms with Crippen molar-refractivity contribution in [2.24, 2.45) is 0 Å². The molecule has 0 saturated heterocycles. The zero-order valence-electron chi connectivity index (χ0n) is 17.8. The van der Waals surface area contributed by atoms with Crippen molar-refractivity contribution >= 4 is 33.6 Å². The summed E-state index contributed by atoms with van der Waals surface area (Å²) in [7, 11) is 3.82. The minimum atomic E-state index is -0.723. The summed E-state index contributed by atoms with van der Waals surface area (Å²) in [6.45, 7) is 0.945. The highest BCUT2D eigenvalue weighted by Crippen LogP contribution is 2.41. The van der Waals surface area contributed by atoms with Crippen LogP contribution in [0, 0.1) is 0 Å². The summed E-state index contributed by atoms with van der Waals surface area (Å²) >= 11 is 0. The van der Waals surface area contributed by atoms with E-state index in [1.54, 1.807) is 23.2 Å². The van der Waals surface area contributed by atoms with Crippen molar-refractivity contribution in [2.45, 2.75) is 6.04 Å². The van der Waals surface area contributed by atoms with Crippen LogP contribution in [0.1, 0.15) is 22.2 Å². The molecule has 3 heterocycles. The molecule has 7 heteroatoms. The second kappa shape index (κ2) is 7.69. The van der Waals surface area contributed by atoms with Crippen molar-refractivity contribution in [1.82, 2.24) is 14.8 Å². The van der Waals surface area contributed by atoms with Gasteiger partial charge in [-0.25, -0.2) is 0 Å². The quantitative estimate of drug-likeness (QED) is 0.451. The molecule has 7 nitrogen and oxygen atoms in total. The third kappa shape index (κ3) is 3.18. The van der Waals surface area contributed by atoms with E-state index in [0.717, 1.165) is 21.9 Å². The van der Waals surface area contributed by atoms with Crippen LogP contribution in [0.25, 0.3) is 21.9 Å². The number of para-hydroxylation sites is 2. The van der Waals surface area contributed by atoms with E-state index in [-0.39, 0.29) is 11.3 Å². The van der Waals surface area contributed by atoms with Gasteiger partial charge in [-0.3, -0.25) is 9.59 Å². The van der Waals surface area contributed by atoms with Crippen LogP contribution in [0.3, 0.4) is 0 Å². The van der Waals surface area contributed by atoms with Gasteiger partial charge in [0.15, 0.2) is 11.5 Å². The molecule has 0 spiro atoms. The normalized spacial score (nSPS) is 16.8. The molecule has 2 aromatic carbocycles. The number of aliphatic hydroxyl groups excluding tert-OH is 1. The molecule has 0 radical (unpaired) electrons. The molecule has 2 N–H and O–H groups in total. The Labute approximate surface area is 184 Å². The monoisotopic (exact) mass is 429 g/mol. The zero-order valence-corrected chi connectivity index (χ0v) is 17.8. The maximum Gasteiger partial charge on any atom is 0.290 e. The lowest BCUT2D eigenvalue weighted by Gasteiger charge is -2.27. The molecule has 4 aromatic rings. The predicted molar refractivity (Wildman–Crippen MR) is 122 cm³/mol. The number of hydrogen-bond acceptors (Lipinski definition) is 5. The molecular formula is C25H23N3O4. The Morgan fingerprint density at radius 2 is 1.91 bits per heavy atom. The maximum atomic E-state index is 13.6. The third-order valence-corrected chi connectivity index (χ3v) is 5.90.